The Balaban J connectivity index is 1.81. The molecule has 0 unspecified atom stereocenters. The Labute approximate surface area is 127 Å². The van der Waals surface area contributed by atoms with Gasteiger partial charge in [-0.15, -0.1) is 0 Å². The van der Waals surface area contributed by atoms with Crippen LogP contribution in [0.4, 0.5) is 4.39 Å². The molecule has 5 heteroatoms. The van der Waals surface area contributed by atoms with Crippen LogP contribution in [-0.4, -0.2) is 18.4 Å². The highest BCUT2D eigenvalue weighted by atomic mass is 19.1. The van der Waals surface area contributed by atoms with Gasteiger partial charge in [0, 0.05) is 5.56 Å². The number of halogens is 1. The molecule has 0 aromatic heterocycles. The summed E-state index contributed by atoms with van der Waals surface area (Å²) in [5.74, 6) is -0.544. The number of Topliss-reactive ketones (excluding diaryl/α,β-unsaturated/α-hetero) is 1. The maximum atomic E-state index is 12.7. The summed E-state index contributed by atoms with van der Waals surface area (Å²) in [5, 5.41) is 0. The molecule has 0 aliphatic heterocycles. The molecule has 0 aliphatic rings. The van der Waals surface area contributed by atoms with Crippen molar-refractivity contribution < 1.29 is 23.5 Å². The van der Waals surface area contributed by atoms with Crippen LogP contribution in [0, 0.1) is 5.82 Å². The molecule has 0 saturated carbocycles. The number of hydrogen-bond donors (Lipinski definition) is 0. The summed E-state index contributed by atoms with van der Waals surface area (Å²) in [6.45, 7) is 1.24. The number of esters is 1. The van der Waals surface area contributed by atoms with Gasteiger partial charge in [-0.25, -0.2) is 9.18 Å². The Hall–Kier alpha value is -2.69. The van der Waals surface area contributed by atoms with Crippen LogP contribution in [0.15, 0.2) is 48.5 Å². The van der Waals surface area contributed by atoms with Gasteiger partial charge in [-0.05, 0) is 36.8 Å². The fraction of sp³-hybridized carbons (Fsp3) is 0.176. The molecule has 0 heterocycles. The zero-order valence-corrected chi connectivity index (χ0v) is 12.0. The average Bonchev–Trinajstić information content (AvgIpc) is 2.52. The molecular weight excluding hydrogens is 287 g/mol. The molecule has 0 bridgehead atoms. The number of benzene rings is 2. The zero-order valence-electron chi connectivity index (χ0n) is 12.0. The SMILES string of the molecule is CC(=O)c1cccc(OCC(=O)OCc2ccc(F)cc2)c1. The molecule has 22 heavy (non-hydrogen) atoms. The van der Waals surface area contributed by atoms with E-state index in [1.165, 1.54) is 19.1 Å². The van der Waals surface area contributed by atoms with Gasteiger partial charge in [0.05, 0.1) is 0 Å². The Bertz CT molecular complexity index is 665. The Morgan fingerprint density at radius 3 is 2.50 bits per heavy atom. The summed E-state index contributed by atoms with van der Waals surface area (Å²) < 4.78 is 23.0. The number of carbonyl (C=O) groups is 2. The lowest BCUT2D eigenvalue weighted by Crippen LogP contribution is -2.14. The van der Waals surface area contributed by atoms with Crippen LogP contribution in [0.3, 0.4) is 0 Å². The molecule has 2 rings (SSSR count). The smallest absolute Gasteiger partial charge is 0.344 e. The predicted molar refractivity (Wildman–Crippen MR) is 78.1 cm³/mol. The molecule has 0 radical (unpaired) electrons. The Kier molecular flexibility index (Phi) is 5.25. The van der Waals surface area contributed by atoms with Crippen molar-refractivity contribution in [3.63, 3.8) is 0 Å². The van der Waals surface area contributed by atoms with Crippen molar-refractivity contribution in [2.75, 3.05) is 6.61 Å². The van der Waals surface area contributed by atoms with Crippen molar-refractivity contribution in [3.8, 4) is 5.75 Å². The Morgan fingerprint density at radius 2 is 1.82 bits per heavy atom. The average molecular weight is 302 g/mol. The van der Waals surface area contributed by atoms with Crippen LogP contribution in [0.5, 0.6) is 5.75 Å². The molecule has 0 atom stereocenters. The molecule has 0 fully saturated rings. The molecule has 4 nitrogen and oxygen atoms in total. The predicted octanol–water partition coefficient (Wildman–Crippen LogP) is 3.15. The minimum atomic E-state index is -0.544. The molecule has 0 aliphatic carbocycles. The fourth-order valence-electron chi connectivity index (χ4n) is 1.73. The summed E-state index contributed by atoms with van der Waals surface area (Å²) in [7, 11) is 0. The van der Waals surface area contributed by atoms with Crippen LogP contribution >= 0.6 is 0 Å². The van der Waals surface area contributed by atoms with E-state index in [0.717, 1.165) is 0 Å². The quantitative estimate of drug-likeness (QED) is 0.607. The molecule has 2 aromatic carbocycles. The second-order valence-corrected chi connectivity index (χ2v) is 4.66. The number of hydrogen-bond acceptors (Lipinski definition) is 4. The molecule has 0 saturated heterocycles. The minimum absolute atomic E-state index is 0.0515. The summed E-state index contributed by atoms with van der Waals surface area (Å²) in [4.78, 5) is 22.8. The van der Waals surface area contributed by atoms with Crippen LogP contribution in [-0.2, 0) is 16.1 Å². The van der Waals surface area contributed by atoms with Crippen molar-refractivity contribution >= 4 is 11.8 Å². The molecule has 0 spiro atoms. The lowest BCUT2D eigenvalue weighted by atomic mass is 10.1. The zero-order chi connectivity index (χ0) is 15.9. The first kappa shape index (κ1) is 15.7. The van der Waals surface area contributed by atoms with Crippen molar-refractivity contribution in [1.82, 2.24) is 0 Å². The third-order valence-corrected chi connectivity index (χ3v) is 2.91. The number of ether oxygens (including phenoxy) is 2. The van der Waals surface area contributed by atoms with E-state index in [1.54, 1.807) is 36.4 Å². The monoisotopic (exact) mass is 302 g/mol. The number of rotatable bonds is 6. The maximum absolute atomic E-state index is 12.7. The first-order valence-corrected chi connectivity index (χ1v) is 6.68. The van der Waals surface area contributed by atoms with Crippen LogP contribution < -0.4 is 4.74 Å². The Morgan fingerprint density at radius 1 is 1.09 bits per heavy atom. The van der Waals surface area contributed by atoms with E-state index in [9.17, 15) is 14.0 Å². The van der Waals surface area contributed by atoms with Crippen molar-refractivity contribution in [3.05, 3.63) is 65.5 Å². The van der Waals surface area contributed by atoms with Gasteiger partial charge in [-0.3, -0.25) is 4.79 Å². The summed E-state index contributed by atoms with van der Waals surface area (Å²) >= 11 is 0. The molecule has 2 aromatic rings. The van der Waals surface area contributed by atoms with E-state index >= 15 is 0 Å². The number of carbonyl (C=O) groups excluding carboxylic acids is 2. The van der Waals surface area contributed by atoms with Gasteiger partial charge in [-0.1, -0.05) is 24.3 Å². The summed E-state index contributed by atoms with van der Waals surface area (Å²) in [6.07, 6.45) is 0. The highest BCUT2D eigenvalue weighted by Gasteiger charge is 2.06. The number of ketones is 1. The first-order valence-electron chi connectivity index (χ1n) is 6.68. The standard InChI is InChI=1S/C17H15FO4/c1-12(19)14-3-2-4-16(9-14)21-11-17(20)22-10-13-5-7-15(18)8-6-13/h2-9H,10-11H2,1H3. The van der Waals surface area contributed by atoms with E-state index in [-0.39, 0.29) is 24.8 Å². The summed E-state index contributed by atoms with van der Waals surface area (Å²) in [6, 6.07) is 12.2. The van der Waals surface area contributed by atoms with E-state index < -0.39 is 5.97 Å². The second-order valence-electron chi connectivity index (χ2n) is 4.66. The lowest BCUT2D eigenvalue weighted by molar-refractivity contribution is -0.147. The van der Waals surface area contributed by atoms with Crippen molar-refractivity contribution in [1.29, 1.82) is 0 Å². The largest absolute Gasteiger partial charge is 0.482 e. The fourth-order valence-corrected chi connectivity index (χ4v) is 1.73. The molecule has 0 N–H and O–H groups in total. The highest BCUT2D eigenvalue weighted by Crippen LogP contribution is 2.14. The van der Waals surface area contributed by atoms with Crippen molar-refractivity contribution in [2.45, 2.75) is 13.5 Å². The molecule has 0 amide bonds. The van der Waals surface area contributed by atoms with Gasteiger partial charge in [0.25, 0.3) is 0 Å². The van der Waals surface area contributed by atoms with E-state index in [1.807, 2.05) is 0 Å². The van der Waals surface area contributed by atoms with Gasteiger partial charge < -0.3 is 9.47 Å². The minimum Gasteiger partial charge on any atom is -0.482 e. The first-order chi connectivity index (χ1) is 10.5. The maximum Gasteiger partial charge on any atom is 0.344 e. The van der Waals surface area contributed by atoms with Crippen LogP contribution in [0.25, 0.3) is 0 Å². The third kappa shape index (κ3) is 4.70. The van der Waals surface area contributed by atoms with E-state index in [2.05, 4.69) is 0 Å². The second kappa shape index (κ2) is 7.36. The summed E-state index contributed by atoms with van der Waals surface area (Å²) in [5.41, 5.74) is 1.20. The van der Waals surface area contributed by atoms with Gasteiger partial charge in [0.2, 0.25) is 0 Å². The molecular formula is C17H15FO4. The topological polar surface area (TPSA) is 52.6 Å². The van der Waals surface area contributed by atoms with Gasteiger partial charge in [0.1, 0.15) is 18.2 Å². The molecule has 114 valence electrons. The van der Waals surface area contributed by atoms with E-state index in [4.69, 9.17) is 9.47 Å². The third-order valence-electron chi connectivity index (χ3n) is 2.91. The van der Waals surface area contributed by atoms with Crippen LogP contribution in [0.1, 0.15) is 22.8 Å². The van der Waals surface area contributed by atoms with Gasteiger partial charge in [-0.2, -0.15) is 0 Å². The lowest BCUT2D eigenvalue weighted by Gasteiger charge is -2.08. The van der Waals surface area contributed by atoms with E-state index in [0.29, 0.717) is 16.9 Å². The van der Waals surface area contributed by atoms with Gasteiger partial charge >= 0.3 is 5.97 Å². The van der Waals surface area contributed by atoms with Crippen molar-refractivity contribution in [2.24, 2.45) is 0 Å². The van der Waals surface area contributed by atoms with Crippen LogP contribution in [0.2, 0.25) is 0 Å². The van der Waals surface area contributed by atoms with Gasteiger partial charge in [0.15, 0.2) is 12.4 Å². The highest BCUT2D eigenvalue weighted by molar-refractivity contribution is 5.94. The normalized spacial score (nSPS) is 10.1.